The van der Waals surface area contributed by atoms with Crippen molar-refractivity contribution in [1.82, 2.24) is 35.0 Å². The molecule has 0 spiro atoms. The fourth-order valence-corrected chi connectivity index (χ4v) is 5.80. The zero-order valence-electron chi connectivity index (χ0n) is 17.9. The molecule has 0 unspecified atom stereocenters. The number of fused-ring (bicyclic) bond motifs is 4. The second-order valence-electron chi connectivity index (χ2n) is 9.50. The first-order valence-corrected chi connectivity index (χ1v) is 11.6. The van der Waals surface area contributed by atoms with Gasteiger partial charge in [-0.25, -0.2) is 4.68 Å². The minimum absolute atomic E-state index is 0.126. The molecule has 1 saturated heterocycles. The van der Waals surface area contributed by atoms with Gasteiger partial charge in [-0.2, -0.15) is 0 Å². The molecule has 2 atom stereocenters. The van der Waals surface area contributed by atoms with Crippen LogP contribution in [-0.4, -0.2) is 61.8 Å². The van der Waals surface area contributed by atoms with Crippen LogP contribution in [0.1, 0.15) is 43.7 Å². The summed E-state index contributed by atoms with van der Waals surface area (Å²) in [5, 5.41) is 14.5. The molecule has 3 aliphatic rings. The molecule has 2 aliphatic heterocycles. The number of carbonyl (C=O) groups excluding carboxylic acids is 1. The lowest BCUT2D eigenvalue weighted by atomic mass is 9.81. The summed E-state index contributed by atoms with van der Waals surface area (Å²) in [4.78, 5) is 27.3. The first-order valence-electron chi connectivity index (χ1n) is 11.6. The van der Waals surface area contributed by atoms with E-state index in [0.29, 0.717) is 24.3 Å². The van der Waals surface area contributed by atoms with Crippen molar-refractivity contribution >= 4 is 5.91 Å². The van der Waals surface area contributed by atoms with E-state index in [9.17, 15) is 9.59 Å². The van der Waals surface area contributed by atoms with Crippen LogP contribution in [0, 0.1) is 17.8 Å². The molecule has 1 aliphatic carbocycles. The number of aromatic nitrogens is 5. The van der Waals surface area contributed by atoms with Crippen molar-refractivity contribution in [3.8, 4) is 0 Å². The van der Waals surface area contributed by atoms with E-state index >= 15 is 0 Å². The number of hydrogen-bond acceptors (Lipinski definition) is 6. The van der Waals surface area contributed by atoms with E-state index in [1.165, 1.54) is 12.1 Å². The van der Waals surface area contributed by atoms with Gasteiger partial charge in [0, 0.05) is 62.9 Å². The highest BCUT2D eigenvalue weighted by molar-refractivity contribution is 5.78. The van der Waals surface area contributed by atoms with Gasteiger partial charge in [-0.3, -0.25) is 9.59 Å². The maximum Gasteiger partial charge on any atom is 0.250 e. The van der Waals surface area contributed by atoms with Crippen molar-refractivity contribution in [2.45, 2.75) is 51.1 Å². The molecule has 1 saturated carbocycles. The topological polar surface area (TPSA) is 97.9 Å². The van der Waals surface area contributed by atoms with Gasteiger partial charge in [0.15, 0.2) is 0 Å². The number of nitrogens with one attached hydrogen (secondary N) is 1. The summed E-state index contributed by atoms with van der Waals surface area (Å²) in [5.74, 6) is 1.83. The van der Waals surface area contributed by atoms with Crippen molar-refractivity contribution in [3.05, 3.63) is 40.6 Å². The highest BCUT2D eigenvalue weighted by Gasteiger charge is 2.34. The molecule has 5 rings (SSSR count). The van der Waals surface area contributed by atoms with Crippen LogP contribution >= 0.6 is 0 Å². The lowest BCUT2D eigenvalue weighted by Gasteiger charge is -2.42. The van der Waals surface area contributed by atoms with Gasteiger partial charge in [0.2, 0.25) is 5.91 Å². The number of piperidine rings is 1. The second-order valence-corrected chi connectivity index (χ2v) is 9.50. The third-order valence-electron chi connectivity index (χ3n) is 7.34. The van der Waals surface area contributed by atoms with Crippen molar-refractivity contribution < 1.29 is 4.79 Å². The second kappa shape index (κ2) is 8.90. The van der Waals surface area contributed by atoms with Gasteiger partial charge in [0.25, 0.3) is 5.56 Å². The molecule has 4 heterocycles. The van der Waals surface area contributed by atoms with Gasteiger partial charge in [0.05, 0.1) is 0 Å². The highest BCUT2D eigenvalue weighted by Crippen LogP contribution is 2.34. The molecule has 2 aromatic rings. The Morgan fingerprint density at radius 3 is 2.81 bits per heavy atom. The Labute approximate surface area is 181 Å². The number of hydrogen-bond donors (Lipinski definition) is 1. The SMILES string of the molecule is O=C(NCCN1C[C@@H]2C[C@H](C1)c1cccc(=O)n1C2)C1CCC(Cn2cnnn2)CC1. The molecular weight excluding hydrogens is 394 g/mol. The standard InChI is InChI=1S/C22H31N7O2/c30-21-3-1-2-20-19-10-17(13-29(20)21)11-27(14-19)9-8-23-22(31)18-6-4-16(5-7-18)12-28-15-24-25-26-28/h1-3,15-19H,4-14H2,(H,23,31)/t16?,17-,18?,19+/m0/s1. The Kier molecular flexibility index (Phi) is 5.85. The third kappa shape index (κ3) is 4.56. The fourth-order valence-electron chi connectivity index (χ4n) is 5.80. The number of tetrazole rings is 1. The minimum atomic E-state index is 0.126. The smallest absolute Gasteiger partial charge is 0.250 e. The quantitative estimate of drug-likeness (QED) is 0.738. The van der Waals surface area contributed by atoms with E-state index in [-0.39, 0.29) is 17.4 Å². The molecule has 9 heteroatoms. The summed E-state index contributed by atoms with van der Waals surface area (Å²) in [6, 6.07) is 5.64. The summed E-state index contributed by atoms with van der Waals surface area (Å²) in [6.45, 7) is 5.22. The number of rotatable bonds is 6. The monoisotopic (exact) mass is 425 g/mol. The lowest BCUT2D eigenvalue weighted by Crippen LogP contribution is -2.49. The number of amides is 1. The van der Waals surface area contributed by atoms with Crippen molar-refractivity contribution in [2.75, 3.05) is 26.2 Å². The maximum atomic E-state index is 12.7. The first kappa shape index (κ1) is 20.4. The van der Waals surface area contributed by atoms with Crippen LogP contribution in [0.25, 0.3) is 0 Å². The van der Waals surface area contributed by atoms with Gasteiger partial charge in [-0.05, 0) is 60.4 Å². The van der Waals surface area contributed by atoms with Gasteiger partial charge in [-0.15, -0.1) is 5.10 Å². The van der Waals surface area contributed by atoms with Crippen LogP contribution in [0.4, 0.5) is 0 Å². The predicted octanol–water partition coefficient (Wildman–Crippen LogP) is 0.877. The summed E-state index contributed by atoms with van der Waals surface area (Å²) in [6.07, 6.45) is 6.80. The first-order chi connectivity index (χ1) is 15.2. The normalized spacial score (nSPS) is 28.1. The number of nitrogens with zero attached hydrogens (tertiary/aromatic N) is 6. The molecule has 2 fully saturated rings. The Hall–Kier alpha value is -2.55. The molecule has 166 valence electrons. The Balaban J connectivity index is 1.06. The molecule has 0 aromatic carbocycles. The Morgan fingerprint density at radius 2 is 2.00 bits per heavy atom. The summed E-state index contributed by atoms with van der Waals surface area (Å²) in [7, 11) is 0. The zero-order chi connectivity index (χ0) is 21.2. The van der Waals surface area contributed by atoms with Crippen LogP contribution in [0.5, 0.6) is 0 Å². The number of carbonyl (C=O) groups is 1. The van der Waals surface area contributed by atoms with Crippen LogP contribution in [0.2, 0.25) is 0 Å². The predicted molar refractivity (Wildman–Crippen MR) is 114 cm³/mol. The van der Waals surface area contributed by atoms with Gasteiger partial charge >= 0.3 is 0 Å². The largest absolute Gasteiger partial charge is 0.355 e. The summed E-state index contributed by atoms with van der Waals surface area (Å²) < 4.78 is 3.75. The van der Waals surface area contributed by atoms with Crippen LogP contribution in [0.3, 0.4) is 0 Å². The third-order valence-corrected chi connectivity index (χ3v) is 7.34. The van der Waals surface area contributed by atoms with E-state index in [2.05, 4.69) is 31.8 Å². The molecular formula is C22H31N7O2. The summed E-state index contributed by atoms with van der Waals surface area (Å²) in [5.41, 5.74) is 1.30. The Morgan fingerprint density at radius 1 is 1.13 bits per heavy atom. The number of pyridine rings is 1. The lowest BCUT2D eigenvalue weighted by molar-refractivity contribution is -0.126. The average Bonchev–Trinajstić information content (AvgIpc) is 3.28. The van der Waals surface area contributed by atoms with Gasteiger partial charge in [-0.1, -0.05) is 6.07 Å². The zero-order valence-corrected chi connectivity index (χ0v) is 17.9. The molecule has 0 radical (unpaired) electrons. The van der Waals surface area contributed by atoms with E-state index < -0.39 is 0 Å². The molecule has 2 bridgehead atoms. The molecule has 1 amide bonds. The molecule has 1 N–H and O–H groups in total. The molecule has 2 aromatic heterocycles. The van der Waals surface area contributed by atoms with Gasteiger partial charge in [0.1, 0.15) is 6.33 Å². The van der Waals surface area contributed by atoms with Crippen molar-refractivity contribution in [3.63, 3.8) is 0 Å². The van der Waals surface area contributed by atoms with Crippen molar-refractivity contribution in [2.24, 2.45) is 17.8 Å². The van der Waals surface area contributed by atoms with E-state index in [1.807, 2.05) is 10.6 Å². The van der Waals surface area contributed by atoms with Crippen LogP contribution in [-0.2, 0) is 17.9 Å². The highest BCUT2D eigenvalue weighted by atomic mass is 16.2. The van der Waals surface area contributed by atoms with Crippen LogP contribution < -0.4 is 10.9 Å². The maximum absolute atomic E-state index is 12.7. The van der Waals surface area contributed by atoms with E-state index in [1.54, 1.807) is 17.1 Å². The van der Waals surface area contributed by atoms with E-state index in [0.717, 1.165) is 58.4 Å². The fraction of sp³-hybridized carbons (Fsp3) is 0.682. The molecule has 31 heavy (non-hydrogen) atoms. The van der Waals surface area contributed by atoms with E-state index in [4.69, 9.17) is 0 Å². The Bertz CT molecular complexity index is 949. The molecule has 9 nitrogen and oxygen atoms in total. The van der Waals surface area contributed by atoms with Gasteiger partial charge < -0.3 is 14.8 Å². The van der Waals surface area contributed by atoms with Crippen LogP contribution in [0.15, 0.2) is 29.3 Å². The van der Waals surface area contributed by atoms with Crippen molar-refractivity contribution in [1.29, 1.82) is 0 Å². The summed E-state index contributed by atoms with van der Waals surface area (Å²) >= 11 is 0. The average molecular weight is 426 g/mol. The number of likely N-dealkylation sites (tertiary alicyclic amines) is 1. The minimum Gasteiger partial charge on any atom is -0.355 e.